The van der Waals surface area contributed by atoms with Gasteiger partial charge in [0.05, 0.1) is 0 Å². The van der Waals surface area contributed by atoms with Crippen LogP contribution in [0, 0.1) is 0 Å². The molecule has 0 spiro atoms. The Balaban J connectivity index is 2.63. The topological polar surface area (TPSA) is 33.2 Å². The number of hydrogen-bond donors (Lipinski definition) is 0. The van der Waals surface area contributed by atoms with Gasteiger partial charge in [-0.05, 0) is 33.3 Å². The summed E-state index contributed by atoms with van der Waals surface area (Å²) in [5.74, 6) is 0.0427. The zero-order valence-electron chi connectivity index (χ0n) is 17.6. The Morgan fingerprint density at radius 3 is 2.44 bits per heavy atom. The highest BCUT2D eigenvalue weighted by Crippen LogP contribution is 2.23. The van der Waals surface area contributed by atoms with Crippen LogP contribution in [0.25, 0.3) is 5.57 Å². The first kappa shape index (κ1) is 23.4. The first-order chi connectivity index (χ1) is 13.0. The fraction of sp³-hybridized carbons (Fsp3) is 0.565. The molecule has 0 bridgehead atoms. The van der Waals surface area contributed by atoms with Crippen LogP contribution in [0.3, 0.4) is 0 Å². The molecular formula is C23H36N2OS. The molecule has 4 heteroatoms. The molecule has 1 amide bonds. The number of amides is 1. The lowest BCUT2D eigenvalue weighted by molar-refractivity contribution is 0.0756. The lowest BCUT2D eigenvalue weighted by Gasteiger charge is -2.19. The molecule has 1 aromatic rings. The molecule has 0 aliphatic carbocycles. The molecule has 3 nitrogen and oxygen atoms in total. The average molecular weight is 389 g/mol. The largest absolute Gasteiger partial charge is 0.338 e. The predicted octanol–water partition coefficient (Wildman–Crippen LogP) is 6.89. The number of thiazole rings is 1. The third-order valence-corrected chi connectivity index (χ3v) is 5.31. The Hall–Kier alpha value is -1.68. The second kappa shape index (κ2) is 13.5. The first-order valence-corrected chi connectivity index (χ1v) is 11.2. The van der Waals surface area contributed by atoms with E-state index in [1.165, 1.54) is 49.9 Å². The van der Waals surface area contributed by atoms with Gasteiger partial charge in [0.25, 0.3) is 5.91 Å². The lowest BCUT2D eigenvalue weighted by Crippen LogP contribution is -2.32. The molecule has 0 saturated carbocycles. The molecule has 0 unspecified atom stereocenters. The van der Waals surface area contributed by atoms with Crippen molar-refractivity contribution in [2.24, 2.45) is 0 Å². The highest BCUT2D eigenvalue weighted by molar-refractivity contribution is 7.11. The number of carbonyl (C=O) groups is 1. The fourth-order valence-corrected chi connectivity index (χ4v) is 3.75. The third kappa shape index (κ3) is 8.70. The molecule has 0 atom stereocenters. The van der Waals surface area contributed by atoms with Gasteiger partial charge >= 0.3 is 0 Å². The summed E-state index contributed by atoms with van der Waals surface area (Å²) in [5.41, 5.74) is 2.53. The number of carbonyl (C=O) groups excluding carboxylic acids is 1. The highest BCUT2D eigenvalue weighted by atomic mass is 32.1. The van der Waals surface area contributed by atoms with Crippen LogP contribution in [-0.2, 0) is 0 Å². The van der Waals surface area contributed by atoms with Crippen molar-refractivity contribution in [2.75, 3.05) is 13.1 Å². The molecule has 0 radical (unpaired) electrons. The summed E-state index contributed by atoms with van der Waals surface area (Å²) < 4.78 is 0. The molecule has 0 aromatic carbocycles. The maximum Gasteiger partial charge on any atom is 0.273 e. The number of aromatic nitrogens is 1. The number of unbranched alkanes of at least 4 members (excludes halogenated alkanes) is 6. The van der Waals surface area contributed by atoms with Crippen molar-refractivity contribution in [1.82, 2.24) is 9.88 Å². The molecule has 0 aliphatic rings. The van der Waals surface area contributed by atoms with E-state index in [4.69, 9.17) is 0 Å². The van der Waals surface area contributed by atoms with Crippen LogP contribution in [-0.4, -0.2) is 28.9 Å². The van der Waals surface area contributed by atoms with Crippen LogP contribution in [0.2, 0.25) is 0 Å². The molecular weight excluding hydrogens is 352 g/mol. The van der Waals surface area contributed by atoms with E-state index < -0.39 is 0 Å². The van der Waals surface area contributed by atoms with E-state index in [1.54, 1.807) is 0 Å². The highest BCUT2D eigenvalue weighted by Gasteiger charge is 2.18. The van der Waals surface area contributed by atoms with Crippen LogP contribution in [0.5, 0.6) is 0 Å². The van der Waals surface area contributed by atoms with E-state index >= 15 is 0 Å². The van der Waals surface area contributed by atoms with Crippen molar-refractivity contribution >= 4 is 22.8 Å². The number of hydrogen-bond acceptors (Lipinski definition) is 3. The second-order valence-electron chi connectivity index (χ2n) is 6.99. The van der Waals surface area contributed by atoms with Gasteiger partial charge in [0.1, 0.15) is 10.7 Å². The SMILES string of the molecule is C=C(C)/C=C(\C=C/C)c1nc(C(=O)N(CC)CCCCCCCCC)cs1. The number of nitrogens with zero attached hydrogens (tertiary/aromatic N) is 2. The minimum Gasteiger partial charge on any atom is -0.338 e. The average Bonchev–Trinajstić information content (AvgIpc) is 3.13. The zero-order chi connectivity index (χ0) is 20.1. The summed E-state index contributed by atoms with van der Waals surface area (Å²) in [6, 6.07) is 0. The van der Waals surface area contributed by atoms with Gasteiger partial charge in [0, 0.05) is 24.0 Å². The molecule has 0 fully saturated rings. The third-order valence-electron chi connectivity index (χ3n) is 4.42. The van der Waals surface area contributed by atoms with Gasteiger partial charge in [-0.3, -0.25) is 4.79 Å². The lowest BCUT2D eigenvalue weighted by atomic mass is 10.1. The van der Waals surface area contributed by atoms with E-state index in [2.05, 4.69) is 18.5 Å². The van der Waals surface area contributed by atoms with E-state index in [0.29, 0.717) is 5.69 Å². The minimum absolute atomic E-state index is 0.0427. The summed E-state index contributed by atoms with van der Waals surface area (Å²) in [6.45, 7) is 13.7. The smallest absolute Gasteiger partial charge is 0.273 e. The van der Waals surface area contributed by atoms with Crippen molar-refractivity contribution in [1.29, 1.82) is 0 Å². The van der Waals surface area contributed by atoms with Crippen LogP contribution in [0.15, 0.2) is 35.8 Å². The van der Waals surface area contributed by atoms with Gasteiger partial charge in [0.2, 0.25) is 0 Å². The van der Waals surface area contributed by atoms with E-state index in [9.17, 15) is 4.79 Å². The predicted molar refractivity (Wildman–Crippen MR) is 119 cm³/mol. The molecule has 1 heterocycles. The maximum atomic E-state index is 12.8. The van der Waals surface area contributed by atoms with Gasteiger partial charge < -0.3 is 4.90 Å². The molecule has 150 valence electrons. The maximum absolute atomic E-state index is 12.8. The van der Waals surface area contributed by atoms with Crippen molar-refractivity contribution in [3.8, 4) is 0 Å². The van der Waals surface area contributed by atoms with Crippen molar-refractivity contribution < 1.29 is 4.79 Å². The first-order valence-electron chi connectivity index (χ1n) is 10.3. The minimum atomic E-state index is 0.0427. The molecule has 0 saturated heterocycles. The fourth-order valence-electron chi connectivity index (χ4n) is 2.96. The summed E-state index contributed by atoms with van der Waals surface area (Å²) in [4.78, 5) is 19.3. The van der Waals surface area contributed by atoms with Crippen LogP contribution in [0.1, 0.15) is 88.1 Å². The Labute approximate surface area is 169 Å². The van der Waals surface area contributed by atoms with Gasteiger partial charge in [0.15, 0.2) is 0 Å². The Morgan fingerprint density at radius 1 is 1.19 bits per heavy atom. The number of rotatable bonds is 13. The molecule has 1 rings (SSSR count). The number of allylic oxidation sites excluding steroid dienone is 5. The summed E-state index contributed by atoms with van der Waals surface area (Å²) >= 11 is 1.52. The van der Waals surface area contributed by atoms with Gasteiger partial charge in [-0.2, -0.15) is 0 Å². The van der Waals surface area contributed by atoms with Crippen molar-refractivity contribution in [2.45, 2.75) is 72.6 Å². The zero-order valence-corrected chi connectivity index (χ0v) is 18.4. The second-order valence-corrected chi connectivity index (χ2v) is 7.85. The van der Waals surface area contributed by atoms with E-state index in [0.717, 1.165) is 35.7 Å². The monoisotopic (exact) mass is 388 g/mol. The molecule has 0 aliphatic heterocycles. The molecule has 27 heavy (non-hydrogen) atoms. The Bertz CT molecular complexity index is 643. The molecule has 1 aromatic heterocycles. The van der Waals surface area contributed by atoms with Crippen LogP contribution in [0.4, 0.5) is 0 Å². The van der Waals surface area contributed by atoms with Gasteiger partial charge in [-0.15, -0.1) is 11.3 Å². The summed E-state index contributed by atoms with van der Waals surface area (Å²) in [6.07, 6.45) is 14.8. The Morgan fingerprint density at radius 2 is 1.85 bits per heavy atom. The van der Waals surface area contributed by atoms with E-state index in [1.807, 2.05) is 49.3 Å². The normalized spacial score (nSPS) is 11.9. The van der Waals surface area contributed by atoms with Gasteiger partial charge in [-0.25, -0.2) is 4.98 Å². The van der Waals surface area contributed by atoms with Crippen molar-refractivity contribution in [3.63, 3.8) is 0 Å². The van der Waals surface area contributed by atoms with Crippen molar-refractivity contribution in [3.05, 3.63) is 46.5 Å². The van der Waals surface area contributed by atoms with Crippen LogP contribution >= 0.6 is 11.3 Å². The van der Waals surface area contributed by atoms with E-state index in [-0.39, 0.29) is 5.91 Å². The van der Waals surface area contributed by atoms with Gasteiger partial charge in [-0.1, -0.05) is 69.8 Å². The Kier molecular flexibility index (Phi) is 11.7. The summed E-state index contributed by atoms with van der Waals surface area (Å²) in [5, 5.41) is 2.74. The summed E-state index contributed by atoms with van der Waals surface area (Å²) in [7, 11) is 0. The standard InChI is InChI=1S/C23H36N2OS/c1-6-9-10-11-12-13-14-16-25(8-3)23(26)21-18-27-22(24-21)20(15-7-2)17-19(4)5/h7,15,17-18H,4,6,8-14,16H2,1-3,5H3/b15-7-,20-17+. The van der Waals surface area contributed by atoms with Crippen LogP contribution < -0.4 is 0 Å². The quantitative estimate of drug-likeness (QED) is 0.272. The molecule has 0 N–H and O–H groups in total.